The van der Waals surface area contributed by atoms with Crippen molar-refractivity contribution in [3.8, 4) is 17.1 Å². The summed E-state index contributed by atoms with van der Waals surface area (Å²) in [6.07, 6.45) is 2.91. The molecule has 1 aliphatic carbocycles. The van der Waals surface area contributed by atoms with Crippen molar-refractivity contribution in [1.29, 1.82) is 0 Å². The monoisotopic (exact) mass is 512 g/mol. The number of furan rings is 1. The van der Waals surface area contributed by atoms with Crippen molar-refractivity contribution in [2.24, 2.45) is 23.2 Å². The highest BCUT2D eigenvalue weighted by atomic mass is 16.3. The molecule has 0 radical (unpaired) electrons. The minimum absolute atomic E-state index is 0.0570. The summed E-state index contributed by atoms with van der Waals surface area (Å²) in [6, 6.07) is 7.15. The summed E-state index contributed by atoms with van der Waals surface area (Å²) < 4.78 is 6.15. The van der Waals surface area contributed by atoms with Crippen molar-refractivity contribution in [3.63, 3.8) is 0 Å². The molecule has 2 aromatic rings. The highest BCUT2D eigenvalue weighted by molar-refractivity contribution is 6.03. The Hall–Kier alpha value is -2.77. The maximum atomic E-state index is 13.2. The van der Waals surface area contributed by atoms with E-state index in [1.807, 2.05) is 12.1 Å². The highest BCUT2D eigenvalue weighted by Crippen LogP contribution is 2.41. The molecule has 0 spiro atoms. The quantitative estimate of drug-likeness (QED) is 0.345. The molecule has 0 aliphatic heterocycles. The fourth-order valence-corrected chi connectivity index (χ4v) is 5.40. The summed E-state index contributed by atoms with van der Waals surface area (Å²) in [5.74, 6) is -0.621. The van der Waals surface area contributed by atoms with Gasteiger partial charge in [0.2, 0.25) is 0 Å². The van der Waals surface area contributed by atoms with Crippen LogP contribution in [0.5, 0.6) is 5.75 Å². The van der Waals surface area contributed by atoms with E-state index in [1.54, 1.807) is 6.07 Å². The number of phenols is 1. The second-order valence-corrected chi connectivity index (χ2v) is 11.7. The number of Topliss-reactive ketones (excluding diaryl/α,β-unsaturated/α-hetero) is 3. The van der Waals surface area contributed by atoms with Gasteiger partial charge in [-0.1, -0.05) is 20.8 Å². The Morgan fingerprint density at radius 1 is 1.11 bits per heavy atom. The molecule has 0 saturated carbocycles. The smallest absolute Gasteiger partial charge is 0.167 e. The molecule has 0 saturated heterocycles. The summed E-state index contributed by atoms with van der Waals surface area (Å²) in [6.45, 7) is 7.29. The van der Waals surface area contributed by atoms with E-state index in [1.165, 1.54) is 13.0 Å². The standard InChI is InChI=1S/C30H40O7/c1-18(33)13-26(35)24(17-32)20(10-12-31)14-19-15-23-22(6-7-25(34)29(23)27(36)16-19)28-8-5-21(37-28)9-11-30(2,3)4/h5-8,19-20,24,31-32,34H,9-17H2,1-4H3. The van der Waals surface area contributed by atoms with Gasteiger partial charge in [-0.25, -0.2) is 0 Å². The number of carbonyl (C=O) groups is 3. The molecule has 1 aliphatic rings. The lowest BCUT2D eigenvalue weighted by Gasteiger charge is -2.31. The van der Waals surface area contributed by atoms with Crippen LogP contribution in [0.4, 0.5) is 0 Å². The zero-order valence-corrected chi connectivity index (χ0v) is 22.4. The first kappa shape index (κ1) is 28.8. The van der Waals surface area contributed by atoms with Crippen molar-refractivity contribution in [3.05, 3.63) is 41.2 Å². The summed E-state index contributed by atoms with van der Waals surface area (Å²) in [4.78, 5) is 37.3. The van der Waals surface area contributed by atoms with E-state index in [4.69, 9.17) is 4.42 Å². The molecule has 3 unspecified atom stereocenters. The Morgan fingerprint density at radius 3 is 2.46 bits per heavy atom. The molecule has 3 atom stereocenters. The molecule has 0 amide bonds. The third kappa shape index (κ3) is 7.39. The molecule has 1 aromatic carbocycles. The molecule has 1 heterocycles. The molecule has 1 aromatic heterocycles. The maximum Gasteiger partial charge on any atom is 0.167 e. The molecule has 0 fully saturated rings. The van der Waals surface area contributed by atoms with Crippen LogP contribution in [0, 0.1) is 23.2 Å². The van der Waals surface area contributed by atoms with E-state index < -0.39 is 12.5 Å². The fraction of sp³-hybridized carbons (Fsp3) is 0.567. The van der Waals surface area contributed by atoms with E-state index in [-0.39, 0.29) is 66.2 Å². The van der Waals surface area contributed by atoms with Crippen molar-refractivity contribution in [2.75, 3.05) is 13.2 Å². The normalized spacial score (nSPS) is 17.4. The Bertz CT molecular complexity index is 1120. The van der Waals surface area contributed by atoms with E-state index >= 15 is 0 Å². The summed E-state index contributed by atoms with van der Waals surface area (Å²) in [5.41, 5.74) is 1.97. The van der Waals surface area contributed by atoms with Crippen LogP contribution in [0.15, 0.2) is 28.7 Å². The third-order valence-electron chi connectivity index (χ3n) is 7.32. The van der Waals surface area contributed by atoms with Gasteiger partial charge < -0.3 is 19.7 Å². The number of benzene rings is 1. The second-order valence-electron chi connectivity index (χ2n) is 11.7. The summed E-state index contributed by atoms with van der Waals surface area (Å²) in [5, 5.41) is 30.1. The number of aliphatic hydroxyl groups excluding tert-OH is 2. The van der Waals surface area contributed by atoms with E-state index in [0.29, 0.717) is 24.2 Å². The van der Waals surface area contributed by atoms with Crippen LogP contribution in [0.25, 0.3) is 11.3 Å². The average molecular weight is 513 g/mol. The molecule has 0 bridgehead atoms. The fourth-order valence-electron chi connectivity index (χ4n) is 5.40. The van der Waals surface area contributed by atoms with Gasteiger partial charge in [0.25, 0.3) is 0 Å². The highest BCUT2D eigenvalue weighted by Gasteiger charge is 2.35. The molecule has 202 valence electrons. The van der Waals surface area contributed by atoms with Gasteiger partial charge in [-0.05, 0) is 79.7 Å². The average Bonchev–Trinajstić information content (AvgIpc) is 3.26. The Labute approximate surface area is 218 Å². The zero-order valence-electron chi connectivity index (χ0n) is 22.4. The molecule has 7 heteroatoms. The molecular weight excluding hydrogens is 472 g/mol. The lowest BCUT2D eigenvalue weighted by Crippen LogP contribution is -2.32. The van der Waals surface area contributed by atoms with Gasteiger partial charge in [-0.3, -0.25) is 14.4 Å². The van der Waals surface area contributed by atoms with Gasteiger partial charge in [0.15, 0.2) is 5.78 Å². The number of fused-ring (bicyclic) bond motifs is 1. The Balaban J connectivity index is 1.88. The maximum absolute atomic E-state index is 13.2. The first-order valence-corrected chi connectivity index (χ1v) is 13.1. The predicted octanol–water partition coefficient (Wildman–Crippen LogP) is 4.92. The van der Waals surface area contributed by atoms with Crippen LogP contribution >= 0.6 is 0 Å². The van der Waals surface area contributed by atoms with Crippen LogP contribution < -0.4 is 0 Å². The van der Waals surface area contributed by atoms with Crippen molar-refractivity contribution in [2.45, 2.75) is 72.6 Å². The van der Waals surface area contributed by atoms with Crippen LogP contribution in [-0.4, -0.2) is 45.9 Å². The van der Waals surface area contributed by atoms with Gasteiger partial charge in [0, 0.05) is 30.9 Å². The van der Waals surface area contributed by atoms with Gasteiger partial charge in [0.05, 0.1) is 18.6 Å². The van der Waals surface area contributed by atoms with E-state index in [9.17, 15) is 29.7 Å². The minimum atomic E-state index is -0.772. The number of aryl methyl sites for hydroxylation is 1. The molecule has 37 heavy (non-hydrogen) atoms. The van der Waals surface area contributed by atoms with Crippen LogP contribution in [0.1, 0.15) is 81.5 Å². The lowest BCUT2D eigenvalue weighted by atomic mass is 9.72. The summed E-state index contributed by atoms with van der Waals surface area (Å²) in [7, 11) is 0. The van der Waals surface area contributed by atoms with Crippen LogP contribution in [0.3, 0.4) is 0 Å². The lowest BCUT2D eigenvalue weighted by molar-refractivity contribution is -0.131. The number of hydrogen-bond acceptors (Lipinski definition) is 7. The number of phenolic OH excluding ortho intramolecular Hbond substituents is 1. The molecule has 3 N–H and O–H groups in total. The first-order chi connectivity index (χ1) is 17.4. The largest absolute Gasteiger partial charge is 0.507 e. The van der Waals surface area contributed by atoms with Crippen molar-refractivity contribution >= 4 is 17.3 Å². The van der Waals surface area contributed by atoms with E-state index in [2.05, 4.69) is 20.8 Å². The molecule has 3 rings (SSSR count). The van der Waals surface area contributed by atoms with Gasteiger partial charge in [-0.2, -0.15) is 0 Å². The minimum Gasteiger partial charge on any atom is -0.507 e. The number of rotatable bonds is 12. The van der Waals surface area contributed by atoms with Gasteiger partial charge >= 0.3 is 0 Å². The summed E-state index contributed by atoms with van der Waals surface area (Å²) >= 11 is 0. The number of aromatic hydroxyl groups is 1. The number of ketones is 3. The first-order valence-electron chi connectivity index (χ1n) is 13.1. The predicted molar refractivity (Wildman–Crippen MR) is 140 cm³/mol. The van der Waals surface area contributed by atoms with Gasteiger partial charge in [0.1, 0.15) is 28.8 Å². The number of hydrogen-bond donors (Lipinski definition) is 3. The number of carbonyl (C=O) groups excluding carboxylic acids is 3. The topological polar surface area (TPSA) is 125 Å². The van der Waals surface area contributed by atoms with E-state index in [0.717, 1.165) is 29.7 Å². The Kier molecular flexibility index (Phi) is 9.48. The van der Waals surface area contributed by atoms with Gasteiger partial charge in [-0.15, -0.1) is 0 Å². The third-order valence-corrected chi connectivity index (χ3v) is 7.32. The zero-order chi connectivity index (χ0) is 27.3. The SMILES string of the molecule is CC(=O)CC(=O)C(CO)C(CCO)CC1CC(=O)c2c(O)ccc(-c3ccc(CCC(C)(C)C)o3)c2C1. The molecular formula is C30H40O7. The molecule has 7 nitrogen and oxygen atoms in total. The second kappa shape index (κ2) is 12.2. The van der Waals surface area contributed by atoms with Crippen molar-refractivity contribution in [1.82, 2.24) is 0 Å². The van der Waals surface area contributed by atoms with Crippen LogP contribution in [0.2, 0.25) is 0 Å². The van der Waals surface area contributed by atoms with Crippen molar-refractivity contribution < 1.29 is 34.1 Å². The van der Waals surface area contributed by atoms with Crippen LogP contribution in [-0.2, 0) is 22.4 Å². The Morgan fingerprint density at radius 2 is 1.84 bits per heavy atom. The number of aliphatic hydroxyl groups is 2.